The molecule has 0 radical (unpaired) electrons. The summed E-state index contributed by atoms with van der Waals surface area (Å²) in [5, 5.41) is 22.3. The van der Waals surface area contributed by atoms with Gasteiger partial charge in [0.25, 0.3) is 0 Å². The lowest BCUT2D eigenvalue weighted by Gasteiger charge is -2.25. The van der Waals surface area contributed by atoms with Crippen LogP contribution in [0.4, 0.5) is 0 Å². The van der Waals surface area contributed by atoms with Crippen LogP contribution in [0.5, 0.6) is 0 Å². The van der Waals surface area contributed by atoms with Gasteiger partial charge < -0.3 is 9.67 Å². The number of rotatable bonds is 7. The number of aliphatic hydroxyl groups excluding tert-OH is 1. The molecule has 0 saturated heterocycles. The lowest BCUT2D eigenvalue weighted by atomic mass is 10.3. The highest BCUT2D eigenvalue weighted by Gasteiger charge is 2.26. The van der Waals surface area contributed by atoms with Crippen molar-refractivity contribution in [2.75, 3.05) is 20.0 Å². The molecule has 3 N–H and O–H groups in total. The third kappa shape index (κ3) is 6.18. The minimum atomic E-state index is -2.63. The lowest BCUT2D eigenvalue weighted by molar-refractivity contribution is -0.167. The van der Waals surface area contributed by atoms with Gasteiger partial charge in [-0.1, -0.05) is 0 Å². The molecule has 0 saturated carbocycles. The van der Waals surface area contributed by atoms with Crippen molar-refractivity contribution in [1.82, 2.24) is 10.4 Å². The van der Waals surface area contributed by atoms with Crippen molar-refractivity contribution >= 4 is 13.0 Å². The smallest absolute Gasteiger partial charge is 0.248 e. The van der Waals surface area contributed by atoms with Crippen molar-refractivity contribution in [2.24, 2.45) is 0 Å². The Morgan fingerprint density at radius 2 is 2.11 bits per heavy atom. The highest BCUT2D eigenvalue weighted by molar-refractivity contribution is 7.62. The number of carbonyl (C=O) groups is 1. The van der Waals surface area contributed by atoms with E-state index in [4.69, 9.17) is 6.42 Å². The molecular formula is C11H21N2O4P. The molecule has 1 amide bonds. The molecule has 0 aliphatic heterocycles. The number of terminal acetylenes is 1. The van der Waals surface area contributed by atoms with Gasteiger partial charge in [0.15, 0.2) is 0 Å². The van der Waals surface area contributed by atoms with E-state index in [1.54, 1.807) is 6.92 Å². The largest absolute Gasteiger partial charge is 0.384 e. The minimum Gasteiger partial charge on any atom is -0.384 e. The molecule has 0 bridgehead atoms. The molecular weight excluding hydrogens is 255 g/mol. The number of nitrogens with zero attached hydrogens (tertiary/aromatic N) is 1. The monoisotopic (exact) mass is 276 g/mol. The van der Waals surface area contributed by atoms with E-state index in [9.17, 15) is 19.7 Å². The van der Waals surface area contributed by atoms with Crippen molar-refractivity contribution in [3.8, 4) is 12.3 Å². The SMILES string of the molecule is C#CCCC(=O)N(O)CNC(C)C(O)P(C)(C)=O. The van der Waals surface area contributed by atoms with E-state index < -0.39 is 24.9 Å². The summed E-state index contributed by atoms with van der Waals surface area (Å²) < 4.78 is 11.6. The van der Waals surface area contributed by atoms with Crippen LogP contribution < -0.4 is 5.32 Å². The molecule has 104 valence electrons. The zero-order valence-electron chi connectivity index (χ0n) is 11.0. The first kappa shape index (κ1) is 17.1. The van der Waals surface area contributed by atoms with Crippen molar-refractivity contribution < 1.29 is 19.7 Å². The Morgan fingerprint density at radius 3 is 2.56 bits per heavy atom. The summed E-state index contributed by atoms with van der Waals surface area (Å²) in [7, 11) is -2.63. The minimum absolute atomic E-state index is 0.0612. The Labute approximate surface area is 108 Å². The number of nitrogens with one attached hydrogen (secondary N) is 1. The Kier molecular flexibility index (Phi) is 7.19. The first-order chi connectivity index (χ1) is 8.20. The van der Waals surface area contributed by atoms with Crippen molar-refractivity contribution in [3.05, 3.63) is 0 Å². The lowest BCUT2D eigenvalue weighted by Crippen LogP contribution is -2.44. The van der Waals surface area contributed by atoms with Gasteiger partial charge in [0.2, 0.25) is 5.91 Å². The fraction of sp³-hybridized carbons (Fsp3) is 0.727. The molecule has 2 unspecified atom stereocenters. The van der Waals surface area contributed by atoms with E-state index in [0.29, 0.717) is 5.06 Å². The van der Waals surface area contributed by atoms with Crippen LogP contribution >= 0.6 is 7.14 Å². The summed E-state index contributed by atoms with van der Waals surface area (Å²) in [6.45, 7) is 4.43. The van der Waals surface area contributed by atoms with Crippen LogP contribution in [0.1, 0.15) is 19.8 Å². The molecule has 0 aromatic rings. The first-order valence-corrected chi connectivity index (χ1v) is 8.26. The van der Waals surface area contributed by atoms with Crippen molar-refractivity contribution in [2.45, 2.75) is 31.7 Å². The molecule has 18 heavy (non-hydrogen) atoms. The molecule has 7 heteroatoms. The standard InChI is InChI=1S/C11H21N2O4P/c1-5-6-7-10(14)13(16)8-12-9(2)11(15)18(3,4)17/h1,9,11-12,15-16H,6-8H2,2-4H3. The zero-order valence-corrected chi connectivity index (χ0v) is 11.9. The molecule has 6 nitrogen and oxygen atoms in total. The van der Waals surface area contributed by atoms with Gasteiger partial charge in [-0.2, -0.15) is 0 Å². The van der Waals surface area contributed by atoms with Crippen LogP contribution in [0.2, 0.25) is 0 Å². The van der Waals surface area contributed by atoms with E-state index in [1.807, 2.05) is 0 Å². The number of amides is 1. The molecule has 0 aliphatic rings. The van der Waals surface area contributed by atoms with E-state index in [1.165, 1.54) is 13.3 Å². The fourth-order valence-electron chi connectivity index (χ4n) is 1.27. The second-order valence-corrected chi connectivity index (χ2v) is 7.89. The third-order valence-corrected chi connectivity index (χ3v) is 4.14. The summed E-state index contributed by atoms with van der Waals surface area (Å²) in [5.41, 5.74) is 0. The number of hydrogen-bond donors (Lipinski definition) is 3. The average molecular weight is 276 g/mol. The van der Waals surface area contributed by atoms with Crippen LogP contribution in [0.15, 0.2) is 0 Å². The van der Waals surface area contributed by atoms with Crippen LogP contribution in [0, 0.1) is 12.3 Å². The highest BCUT2D eigenvalue weighted by atomic mass is 31.2. The number of hydrogen-bond acceptors (Lipinski definition) is 5. The molecule has 0 rings (SSSR count). The number of carbonyl (C=O) groups excluding carboxylic acids is 1. The normalized spacial score (nSPS) is 14.7. The van der Waals surface area contributed by atoms with Crippen LogP contribution in [-0.2, 0) is 9.36 Å². The Balaban J connectivity index is 4.14. The van der Waals surface area contributed by atoms with Gasteiger partial charge >= 0.3 is 0 Å². The van der Waals surface area contributed by atoms with Crippen LogP contribution in [0.3, 0.4) is 0 Å². The Hall–Kier alpha value is -0.860. The Bertz CT molecular complexity index is 361. The van der Waals surface area contributed by atoms with Crippen molar-refractivity contribution in [1.29, 1.82) is 0 Å². The maximum absolute atomic E-state index is 11.6. The van der Waals surface area contributed by atoms with E-state index in [2.05, 4.69) is 11.2 Å². The third-order valence-electron chi connectivity index (χ3n) is 2.42. The summed E-state index contributed by atoms with van der Waals surface area (Å²) in [6.07, 6.45) is 5.32. The molecule has 0 heterocycles. The maximum atomic E-state index is 11.6. The van der Waals surface area contributed by atoms with Crippen molar-refractivity contribution in [3.63, 3.8) is 0 Å². The number of aliphatic hydroxyl groups is 1. The second kappa shape index (κ2) is 7.55. The average Bonchev–Trinajstić information content (AvgIpc) is 2.30. The molecule has 0 aliphatic carbocycles. The summed E-state index contributed by atoms with van der Waals surface area (Å²) in [5.74, 6) is 0.777. The second-order valence-electron chi connectivity index (χ2n) is 4.50. The predicted molar refractivity (Wildman–Crippen MR) is 69.6 cm³/mol. The van der Waals surface area contributed by atoms with Gasteiger partial charge in [-0.15, -0.1) is 12.3 Å². The van der Waals surface area contributed by atoms with Gasteiger partial charge in [0, 0.05) is 18.9 Å². The highest BCUT2D eigenvalue weighted by Crippen LogP contribution is 2.42. The maximum Gasteiger partial charge on any atom is 0.248 e. The molecule has 0 spiro atoms. The molecule has 0 aromatic heterocycles. The van der Waals surface area contributed by atoms with Gasteiger partial charge in [-0.05, 0) is 20.3 Å². The summed E-state index contributed by atoms with van der Waals surface area (Å²) in [6, 6.07) is -0.499. The number of hydroxylamine groups is 2. The van der Waals surface area contributed by atoms with Crippen LogP contribution in [-0.4, -0.2) is 53.2 Å². The summed E-state index contributed by atoms with van der Waals surface area (Å²) >= 11 is 0. The summed E-state index contributed by atoms with van der Waals surface area (Å²) in [4.78, 5) is 11.3. The Morgan fingerprint density at radius 1 is 1.56 bits per heavy atom. The predicted octanol–water partition coefficient (Wildman–Crippen LogP) is 0.494. The van der Waals surface area contributed by atoms with E-state index >= 15 is 0 Å². The topological polar surface area (TPSA) is 89.9 Å². The van der Waals surface area contributed by atoms with Gasteiger partial charge in [0.05, 0.1) is 6.67 Å². The molecule has 0 aromatic carbocycles. The fourth-order valence-corrected chi connectivity index (χ4v) is 2.45. The zero-order chi connectivity index (χ0) is 14.3. The quantitative estimate of drug-likeness (QED) is 0.207. The van der Waals surface area contributed by atoms with Crippen LogP contribution in [0.25, 0.3) is 0 Å². The van der Waals surface area contributed by atoms with E-state index in [0.717, 1.165) is 0 Å². The van der Waals surface area contributed by atoms with Gasteiger partial charge in [0.1, 0.15) is 13.0 Å². The van der Waals surface area contributed by atoms with E-state index in [-0.39, 0.29) is 19.5 Å². The van der Waals surface area contributed by atoms with Gasteiger partial charge in [-0.25, -0.2) is 5.06 Å². The molecule has 2 atom stereocenters. The first-order valence-electron chi connectivity index (χ1n) is 5.59. The van der Waals surface area contributed by atoms with Gasteiger partial charge in [-0.3, -0.25) is 15.3 Å². The molecule has 0 fully saturated rings.